The molecule has 4 rings (SSSR count). The zero-order chi connectivity index (χ0) is 20.9. The Hall–Kier alpha value is -3.13. The Bertz CT molecular complexity index is 1170. The first-order valence-corrected chi connectivity index (χ1v) is 11.0. The number of carbonyl (C=O) groups is 1. The van der Waals surface area contributed by atoms with Crippen LogP contribution in [0.4, 0.5) is 0 Å². The molecule has 7 nitrogen and oxygen atoms in total. The molecule has 0 unspecified atom stereocenters. The van der Waals surface area contributed by atoms with Crippen LogP contribution in [0.1, 0.15) is 18.3 Å². The van der Waals surface area contributed by atoms with E-state index >= 15 is 0 Å². The van der Waals surface area contributed by atoms with Crippen molar-refractivity contribution in [2.75, 3.05) is 12.3 Å². The van der Waals surface area contributed by atoms with Gasteiger partial charge in [-0.25, -0.2) is 4.98 Å². The predicted octanol–water partition coefficient (Wildman–Crippen LogP) is 3.40. The number of aryl methyl sites for hydroxylation is 2. The van der Waals surface area contributed by atoms with Crippen LogP contribution in [-0.4, -0.2) is 42.5 Å². The van der Waals surface area contributed by atoms with Crippen molar-refractivity contribution in [3.05, 3.63) is 66.2 Å². The molecule has 2 aromatic heterocycles. The highest BCUT2D eigenvalue weighted by atomic mass is 32.2. The van der Waals surface area contributed by atoms with Crippen LogP contribution in [0.25, 0.3) is 16.7 Å². The number of fused-ring (bicyclic) bond motifs is 1. The minimum absolute atomic E-state index is 0.0274. The number of nitrogens with one attached hydrogen (secondary N) is 1. The number of carbonyl (C=O) groups excluding carboxylic acids is 1. The van der Waals surface area contributed by atoms with Gasteiger partial charge in [0, 0.05) is 13.1 Å². The van der Waals surface area contributed by atoms with Gasteiger partial charge in [0.25, 0.3) is 0 Å². The van der Waals surface area contributed by atoms with Crippen molar-refractivity contribution >= 4 is 28.7 Å². The van der Waals surface area contributed by atoms with Crippen molar-refractivity contribution in [1.29, 1.82) is 0 Å². The maximum absolute atomic E-state index is 12.4. The number of para-hydroxylation sites is 3. The molecule has 0 spiro atoms. The SMILES string of the molecule is CCc1ccccc1-n1cnnc1SCC(=O)NCCn1c(C)nc2ccccc21. The summed E-state index contributed by atoms with van der Waals surface area (Å²) in [4.78, 5) is 16.9. The molecule has 2 aromatic carbocycles. The molecule has 0 radical (unpaired) electrons. The molecule has 1 amide bonds. The van der Waals surface area contributed by atoms with Gasteiger partial charge in [-0.3, -0.25) is 9.36 Å². The number of amides is 1. The van der Waals surface area contributed by atoms with E-state index in [4.69, 9.17) is 0 Å². The van der Waals surface area contributed by atoms with Crippen molar-refractivity contribution < 1.29 is 4.79 Å². The summed E-state index contributed by atoms with van der Waals surface area (Å²) in [6.07, 6.45) is 2.61. The fourth-order valence-electron chi connectivity index (χ4n) is 3.50. The molecule has 154 valence electrons. The summed E-state index contributed by atoms with van der Waals surface area (Å²) in [6.45, 7) is 5.34. The van der Waals surface area contributed by atoms with E-state index in [1.165, 1.54) is 17.3 Å². The Morgan fingerprint density at radius 2 is 1.93 bits per heavy atom. The van der Waals surface area contributed by atoms with Crippen LogP contribution < -0.4 is 5.32 Å². The fourth-order valence-corrected chi connectivity index (χ4v) is 4.25. The van der Waals surface area contributed by atoms with Crippen LogP contribution in [-0.2, 0) is 17.8 Å². The normalized spacial score (nSPS) is 11.1. The van der Waals surface area contributed by atoms with E-state index in [0.717, 1.165) is 29.0 Å². The van der Waals surface area contributed by atoms with Gasteiger partial charge in [-0.2, -0.15) is 0 Å². The molecule has 1 N–H and O–H groups in total. The number of benzene rings is 2. The van der Waals surface area contributed by atoms with Crippen molar-refractivity contribution in [1.82, 2.24) is 29.6 Å². The average molecular weight is 421 g/mol. The van der Waals surface area contributed by atoms with Gasteiger partial charge >= 0.3 is 0 Å². The molecule has 0 aliphatic carbocycles. The highest BCUT2D eigenvalue weighted by Crippen LogP contribution is 2.22. The lowest BCUT2D eigenvalue weighted by atomic mass is 10.1. The Morgan fingerprint density at radius 3 is 2.80 bits per heavy atom. The highest BCUT2D eigenvalue weighted by Gasteiger charge is 2.12. The van der Waals surface area contributed by atoms with Gasteiger partial charge in [0.05, 0.1) is 22.5 Å². The number of rotatable bonds is 8. The third-order valence-electron chi connectivity index (χ3n) is 4.98. The minimum Gasteiger partial charge on any atom is -0.354 e. The Morgan fingerprint density at radius 1 is 1.13 bits per heavy atom. The maximum atomic E-state index is 12.4. The van der Waals surface area contributed by atoms with E-state index in [9.17, 15) is 4.79 Å². The zero-order valence-electron chi connectivity index (χ0n) is 17.1. The Balaban J connectivity index is 1.34. The molecule has 0 aliphatic rings. The molecule has 0 atom stereocenters. The van der Waals surface area contributed by atoms with Crippen LogP contribution in [0.2, 0.25) is 0 Å². The molecule has 0 fully saturated rings. The van der Waals surface area contributed by atoms with Gasteiger partial charge < -0.3 is 9.88 Å². The predicted molar refractivity (Wildman–Crippen MR) is 119 cm³/mol. The first kappa shape index (κ1) is 20.2. The van der Waals surface area contributed by atoms with Crippen molar-refractivity contribution in [3.63, 3.8) is 0 Å². The lowest BCUT2D eigenvalue weighted by Gasteiger charge is -2.11. The largest absolute Gasteiger partial charge is 0.354 e. The topological polar surface area (TPSA) is 77.6 Å². The summed E-state index contributed by atoms with van der Waals surface area (Å²) in [6, 6.07) is 16.2. The van der Waals surface area contributed by atoms with Crippen molar-refractivity contribution in [3.8, 4) is 5.69 Å². The molecule has 0 bridgehead atoms. The standard InChI is InChI=1S/C22H24N6OS/c1-3-17-8-4-6-10-19(17)28-15-24-26-22(28)30-14-21(29)23-12-13-27-16(2)25-18-9-5-7-11-20(18)27/h4-11,15H,3,12-14H2,1-2H3,(H,23,29). The third-order valence-corrected chi connectivity index (χ3v) is 5.93. The van der Waals surface area contributed by atoms with Gasteiger partial charge in [0.1, 0.15) is 12.2 Å². The van der Waals surface area contributed by atoms with E-state index in [1.807, 2.05) is 54.0 Å². The van der Waals surface area contributed by atoms with Gasteiger partial charge in [-0.15, -0.1) is 10.2 Å². The fraction of sp³-hybridized carbons (Fsp3) is 0.273. The number of thioether (sulfide) groups is 1. The molecule has 30 heavy (non-hydrogen) atoms. The first-order valence-electron chi connectivity index (χ1n) is 9.97. The lowest BCUT2D eigenvalue weighted by Crippen LogP contribution is -2.29. The quantitative estimate of drug-likeness (QED) is 0.442. The Kier molecular flexibility index (Phi) is 6.13. The maximum Gasteiger partial charge on any atom is 0.230 e. The van der Waals surface area contributed by atoms with Gasteiger partial charge in [0.2, 0.25) is 5.91 Å². The number of nitrogens with zero attached hydrogens (tertiary/aromatic N) is 5. The number of hydrogen-bond acceptors (Lipinski definition) is 5. The highest BCUT2D eigenvalue weighted by molar-refractivity contribution is 7.99. The summed E-state index contributed by atoms with van der Waals surface area (Å²) in [5.74, 6) is 1.21. The molecule has 8 heteroatoms. The van der Waals surface area contributed by atoms with Gasteiger partial charge in [-0.1, -0.05) is 49.0 Å². The van der Waals surface area contributed by atoms with E-state index in [2.05, 4.69) is 38.1 Å². The first-order chi connectivity index (χ1) is 14.7. The van der Waals surface area contributed by atoms with E-state index < -0.39 is 0 Å². The smallest absolute Gasteiger partial charge is 0.230 e. The summed E-state index contributed by atoms with van der Waals surface area (Å²) < 4.78 is 4.07. The molecule has 2 heterocycles. The molecule has 4 aromatic rings. The van der Waals surface area contributed by atoms with E-state index in [1.54, 1.807) is 6.33 Å². The number of aromatic nitrogens is 5. The second kappa shape index (κ2) is 9.13. The third kappa shape index (κ3) is 4.23. The molecular formula is C22H24N6OS. The van der Waals surface area contributed by atoms with Crippen molar-refractivity contribution in [2.24, 2.45) is 0 Å². The summed E-state index contributed by atoms with van der Waals surface area (Å²) in [5.41, 5.74) is 4.33. The van der Waals surface area contributed by atoms with Crippen LogP contribution in [0.15, 0.2) is 60.0 Å². The molecule has 0 saturated carbocycles. The van der Waals surface area contributed by atoms with Crippen LogP contribution in [0.3, 0.4) is 0 Å². The molecule has 0 aliphatic heterocycles. The van der Waals surface area contributed by atoms with Gasteiger partial charge in [-0.05, 0) is 37.1 Å². The Labute approximate surface area is 179 Å². The second-order valence-electron chi connectivity index (χ2n) is 6.90. The van der Waals surface area contributed by atoms with Crippen LogP contribution in [0, 0.1) is 6.92 Å². The monoisotopic (exact) mass is 420 g/mol. The zero-order valence-corrected chi connectivity index (χ0v) is 17.9. The van der Waals surface area contributed by atoms with Crippen LogP contribution in [0.5, 0.6) is 0 Å². The molecular weight excluding hydrogens is 396 g/mol. The summed E-state index contributed by atoms with van der Waals surface area (Å²) in [7, 11) is 0. The second-order valence-corrected chi connectivity index (χ2v) is 7.85. The van der Waals surface area contributed by atoms with Gasteiger partial charge in [0.15, 0.2) is 5.16 Å². The minimum atomic E-state index is -0.0274. The van der Waals surface area contributed by atoms with Crippen LogP contribution >= 0.6 is 11.8 Å². The van der Waals surface area contributed by atoms with E-state index in [-0.39, 0.29) is 11.7 Å². The number of imidazole rings is 1. The molecule has 0 saturated heterocycles. The van der Waals surface area contributed by atoms with E-state index in [0.29, 0.717) is 18.2 Å². The van der Waals surface area contributed by atoms with Crippen molar-refractivity contribution in [2.45, 2.75) is 32.0 Å². The average Bonchev–Trinajstić information content (AvgIpc) is 3.36. The lowest BCUT2D eigenvalue weighted by molar-refractivity contribution is -0.118. The summed E-state index contributed by atoms with van der Waals surface area (Å²) >= 11 is 1.39. The summed E-state index contributed by atoms with van der Waals surface area (Å²) in [5, 5.41) is 11.9. The number of hydrogen-bond donors (Lipinski definition) is 1.